The topological polar surface area (TPSA) is 29.5 Å². The Labute approximate surface area is 121 Å². The summed E-state index contributed by atoms with van der Waals surface area (Å²) >= 11 is 0. The number of alkyl halides is 3. The lowest BCUT2D eigenvalue weighted by Crippen LogP contribution is -2.49. The zero-order valence-corrected chi connectivity index (χ0v) is 12.0. The molecule has 0 atom stereocenters. The Morgan fingerprint density at radius 1 is 1.19 bits per heavy atom. The van der Waals surface area contributed by atoms with E-state index in [1.54, 1.807) is 20.2 Å². The van der Waals surface area contributed by atoms with Crippen molar-refractivity contribution in [3.63, 3.8) is 0 Å². The first-order chi connectivity index (χ1) is 9.76. The molecule has 21 heavy (non-hydrogen) atoms. The normalized spacial score (nSPS) is 18.0. The quantitative estimate of drug-likeness (QED) is 0.795. The van der Waals surface area contributed by atoms with Crippen molar-refractivity contribution in [2.24, 2.45) is 0 Å². The van der Waals surface area contributed by atoms with Gasteiger partial charge in [-0.05, 0) is 39.1 Å². The van der Waals surface area contributed by atoms with Gasteiger partial charge in [0.1, 0.15) is 5.75 Å². The number of halogens is 3. The van der Waals surface area contributed by atoms with Gasteiger partial charge < -0.3 is 4.74 Å². The summed E-state index contributed by atoms with van der Waals surface area (Å²) in [5.41, 5.74) is -0.740. The molecule has 0 radical (unpaired) electrons. The monoisotopic (exact) mass is 301 g/mol. The third kappa shape index (κ3) is 3.20. The van der Waals surface area contributed by atoms with Gasteiger partial charge in [-0.15, -0.1) is 13.2 Å². The summed E-state index contributed by atoms with van der Waals surface area (Å²) in [5.74, 6) is -0.729. The van der Waals surface area contributed by atoms with E-state index in [2.05, 4.69) is 4.74 Å². The minimum atomic E-state index is -4.81. The molecule has 0 N–H and O–H groups in total. The van der Waals surface area contributed by atoms with Gasteiger partial charge in [-0.25, -0.2) is 0 Å². The Kier molecular flexibility index (Phi) is 4.27. The maximum absolute atomic E-state index is 12.8. The Balaban J connectivity index is 2.39. The highest BCUT2D eigenvalue weighted by molar-refractivity contribution is 6.05. The largest absolute Gasteiger partial charge is 0.573 e. The van der Waals surface area contributed by atoms with E-state index < -0.39 is 17.7 Å². The van der Waals surface area contributed by atoms with Crippen LogP contribution in [-0.2, 0) is 0 Å². The lowest BCUT2D eigenvalue weighted by Gasteiger charge is -2.35. The van der Waals surface area contributed by atoms with Gasteiger partial charge in [0.2, 0.25) is 0 Å². The highest BCUT2D eigenvalue weighted by Crippen LogP contribution is 2.39. The van der Waals surface area contributed by atoms with Crippen LogP contribution < -0.4 is 4.74 Å². The number of para-hydroxylation sites is 1. The van der Waals surface area contributed by atoms with Gasteiger partial charge in [0.05, 0.1) is 11.1 Å². The van der Waals surface area contributed by atoms with E-state index in [1.807, 2.05) is 4.90 Å². The van der Waals surface area contributed by atoms with Gasteiger partial charge in [0.15, 0.2) is 5.78 Å². The predicted molar refractivity (Wildman–Crippen MR) is 72.3 cm³/mol. The van der Waals surface area contributed by atoms with Crippen LogP contribution in [0.3, 0.4) is 0 Å². The summed E-state index contributed by atoms with van der Waals surface area (Å²) < 4.78 is 41.4. The van der Waals surface area contributed by atoms with Gasteiger partial charge in [0.25, 0.3) is 0 Å². The minimum absolute atomic E-state index is 0.00887. The van der Waals surface area contributed by atoms with E-state index in [-0.39, 0.29) is 11.3 Å². The van der Waals surface area contributed by atoms with Crippen LogP contribution >= 0.6 is 0 Å². The number of carbonyl (C=O) groups excluding carboxylic acids is 1. The lowest BCUT2D eigenvalue weighted by molar-refractivity contribution is -0.274. The second kappa shape index (κ2) is 5.67. The maximum Gasteiger partial charge on any atom is 0.573 e. The molecule has 0 aliphatic heterocycles. The first-order valence-corrected chi connectivity index (χ1v) is 6.83. The van der Waals surface area contributed by atoms with Gasteiger partial charge in [-0.1, -0.05) is 25.0 Å². The SMILES string of the molecule is CN(C)C1(C(=O)c2ccccc2OC(F)(F)F)CCCC1. The van der Waals surface area contributed by atoms with E-state index in [0.717, 1.165) is 12.8 Å². The van der Waals surface area contributed by atoms with E-state index in [0.29, 0.717) is 12.8 Å². The summed E-state index contributed by atoms with van der Waals surface area (Å²) in [6.07, 6.45) is -1.71. The molecular formula is C15H18F3NO2. The number of nitrogens with zero attached hydrogens (tertiary/aromatic N) is 1. The Hall–Kier alpha value is -1.56. The van der Waals surface area contributed by atoms with Crippen LogP contribution in [0.4, 0.5) is 13.2 Å². The number of likely N-dealkylation sites (N-methyl/N-ethyl adjacent to an activating group) is 1. The van der Waals surface area contributed by atoms with E-state index >= 15 is 0 Å². The number of ether oxygens (including phenoxy) is 1. The van der Waals surface area contributed by atoms with E-state index in [9.17, 15) is 18.0 Å². The molecule has 1 saturated carbocycles. The van der Waals surface area contributed by atoms with Crippen molar-refractivity contribution in [2.45, 2.75) is 37.6 Å². The third-order valence-electron chi connectivity index (χ3n) is 4.07. The van der Waals surface area contributed by atoms with Gasteiger partial charge in [0, 0.05) is 0 Å². The van der Waals surface area contributed by atoms with Crippen molar-refractivity contribution in [1.82, 2.24) is 4.90 Å². The fourth-order valence-corrected chi connectivity index (χ4v) is 2.96. The molecular weight excluding hydrogens is 283 g/mol. The number of Topliss-reactive ketones (excluding diaryl/α,β-unsaturated/α-hetero) is 1. The minimum Gasteiger partial charge on any atom is -0.405 e. The van der Waals surface area contributed by atoms with Crippen molar-refractivity contribution in [2.75, 3.05) is 14.1 Å². The summed E-state index contributed by atoms with van der Waals surface area (Å²) in [4.78, 5) is 14.6. The summed E-state index contributed by atoms with van der Waals surface area (Å²) in [6.45, 7) is 0. The number of ketones is 1. The maximum atomic E-state index is 12.8. The van der Waals surface area contributed by atoms with Crippen LogP contribution in [0.5, 0.6) is 5.75 Å². The number of benzene rings is 1. The molecule has 3 nitrogen and oxygen atoms in total. The highest BCUT2D eigenvalue weighted by atomic mass is 19.4. The Bertz CT molecular complexity index is 520. The van der Waals surface area contributed by atoms with Crippen LogP contribution in [-0.4, -0.2) is 36.7 Å². The van der Waals surface area contributed by atoms with Crippen molar-refractivity contribution in [3.05, 3.63) is 29.8 Å². The zero-order valence-electron chi connectivity index (χ0n) is 12.0. The molecule has 0 unspecified atom stereocenters. The summed E-state index contributed by atoms with van der Waals surface area (Å²) in [5, 5.41) is 0. The molecule has 0 spiro atoms. The van der Waals surface area contributed by atoms with Crippen LogP contribution in [0.25, 0.3) is 0 Å². The molecule has 6 heteroatoms. The van der Waals surface area contributed by atoms with Crippen molar-refractivity contribution in [3.8, 4) is 5.75 Å². The van der Waals surface area contributed by atoms with Gasteiger partial charge in [-0.3, -0.25) is 9.69 Å². The molecule has 0 amide bonds. The first-order valence-electron chi connectivity index (χ1n) is 6.83. The van der Waals surface area contributed by atoms with Gasteiger partial charge >= 0.3 is 6.36 Å². The first kappa shape index (κ1) is 15.8. The van der Waals surface area contributed by atoms with Crippen molar-refractivity contribution >= 4 is 5.78 Å². The second-order valence-electron chi connectivity index (χ2n) is 5.51. The molecule has 1 aliphatic carbocycles. The van der Waals surface area contributed by atoms with Crippen LogP contribution in [0.2, 0.25) is 0 Å². The fraction of sp³-hybridized carbons (Fsp3) is 0.533. The number of hydrogen-bond donors (Lipinski definition) is 0. The predicted octanol–water partition coefficient (Wildman–Crippen LogP) is 3.64. The molecule has 116 valence electrons. The number of carbonyl (C=O) groups is 1. The van der Waals surface area contributed by atoms with Crippen molar-refractivity contribution < 1.29 is 22.7 Å². The molecule has 0 heterocycles. The average molecular weight is 301 g/mol. The standard InChI is InChI=1S/C15H18F3NO2/c1-19(2)14(9-5-6-10-14)13(20)11-7-3-4-8-12(11)21-15(16,17)18/h3-4,7-8H,5-6,9-10H2,1-2H3. The molecule has 0 saturated heterocycles. The van der Waals surface area contributed by atoms with Crippen LogP contribution in [0, 0.1) is 0 Å². The number of rotatable bonds is 4. The molecule has 1 aliphatic rings. The average Bonchev–Trinajstić information content (AvgIpc) is 2.87. The lowest BCUT2D eigenvalue weighted by atomic mass is 9.86. The molecule has 0 aromatic heterocycles. The van der Waals surface area contributed by atoms with Gasteiger partial charge in [-0.2, -0.15) is 0 Å². The molecule has 1 aromatic rings. The second-order valence-corrected chi connectivity index (χ2v) is 5.51. The Morgan fingerprint density at radius 3 is 2.29 bits per heavy atom. The molecule has 0 bridgehead atoms. The summed E-state index contributed by atoms with van der Waals surface area (Å²) in [6, 6.07) is 5.55. The molecule has 2 rings (SSSR count). The number of hydrogen-bond acceptors (Lipinski definition) is 3. The van der Waals surface area contributed by atoms with Crippen molar-refractivity contribution in [1.29, 1.82) is 0 Å². The summed E-state index contributed by atoms with van der Waals surface area (Å²) in [7, 11) is 3.58. The smallest absolute Gasteiger partial charge is 0.405 e. The molecule has 1 aromatic carbocycles. The van der Waals surface area contributed by atoms with Crippen LogP contribution in [0.15, 0.2) is 24.3 Å². The fourth-order valence-electron chi connectivity index (χ4n) is 2.96. The zero-order chi connectivity index (χ0) is 15.7. The van der Waals surface area contributed by atoms with Crippen LogP contribution in [0.1, 0.15) is 36.0 Å². The van der Waals surface area contributed by atoms with E-state index in [4.69, 9.17) is 0 Å². The highest BCUT2D eigenvalue weighted by Gasteiger charge is 2.45. The third-order valence-corrected chi connectivity index (χ3v) is 4.07. The Morgan fingerprint density at radius 2 is 1.76 bits per heavy atom. The molecule has 1 fully saturated rings. The van der Waals surface area contributed by atoms with E-state index in [1.165, 1.54) is 18.2 Å².